The summed E-state index contributed by atoms with van der Waals surface area (Å²) in [5, 5.41) is 6.10. The predicted molar refractivity (Wildman–Crippen MR) is 108 cm³/mol. The maximum atomic E-state index is 13.1. The molecule has 0 unspecified atom stereocenters. The van der Waals surface area contributed by atoms with Crippen LogP contribution in [0.3, 0.4) is 0 Å². The molecule has 5 heteroatoms. The number of benzene rings is 2. The molecule has 2 N–H and O–H groups in total. The van der Waals surface area contributed by atoms with Crippen LogP contribution < -0.4 is 15.5 Å². The summed E-state index contributed by atoms with van der Waals surface area (Å²) in [6.45, 7) is 1.11. The molecule has 0 aromatic heterocycles. The zero-order valence-electron chi connectivity index (χ0n) is 15.7. The number of rotatable bonds is 9. The van der Waals surface area contributed by atoms with Crippen molar-refractivity contribution in [3.05, 3.63) is 66.2 Å². The van der Waals surface area contributed by atoms with Crippen molar-refractivity contribution >= 4 is 17.5 Å². The SMILES string of the molecule is CN(C(=O)[C@H](Cc1ccccc1)NC(=O)CNCC1CC1)c1ccccc1. The predicted octanol–water partition coefficient (Wildman–Crippen LogP) is 2.38. The molecular formula is C22H27N3O2. The normalized spacial score (nSPS) is 14.4. The van der Waals surface area contributed by atoms with Crippen molar-refractivity contribution in [3.8, 4) is 0 Å². The third-order valence-electron chi connectivity index (χ3n) is 4.81. The number of likely N-dealkylation sites (N-methyl/N-ethyl adjacent to an activating group) is 1. The molecular weight excluding hydrogens is 338 g/mol. The minimum absolute atomic E-state index is 0.124. The molecule has 1 aliphatic carbocycles. The quantitative estimate of drug-likeness (QED) is 0.717. The summed E-state index contributed by atoms with van der Waals surface area (Å²) in [6, 6.07) is 18.6. The number of nitrogens with zero attached hydrogens (tertiary/aromatic N) is 1. The Morgan fingerprint density at radius 1 is 1.04 bits per heavy atom. The second-order valence-electron chi connectivity index (χ2n) is 7.12. The third-order valence-corrected chi connectivity index (χ3v) is 4.81. The summed E-state index contributed by atoms with van der Waals surface area (Å²) in [5.41, 5.74) is 1.82. The van der Waals surface area contributed by atoms with Gasteiger partial charge in [0.05, 0.1) is 6.54 Å². The first-order chi connectivity index (χ1) is 13.1. The maximum absolute atomic E-state index is 13.1. The van der Waals surface area contributed by atoms with E-state index in [1.54, 1.807) is 11.9 Å². The molecule has 142 valence electrons. The van der Waals surface area contributed by atoms with Crippen LogP contribution in [0.5, 0.6) is 0 Å². The van der Waals surface area contributed by atoms with Crippen molar-refractivity contribution in [1.29, 1.82) is 0 Å². The van der Waals surface area contributed by atoms with E-state index in [0.29, 0.717) is 12.3 Å². The number of hydrogen-bond donors (Lipinski definition) is 2. The fraction of sp³-hybridized carbons (Fsp3) is 0.364. The molecule has 0 aliphatic heterocycles. The third kappa shape index (κ3) is 5.93. The molecule has 1 atom stereocenters. The van der Waals surface area contributed by atoms with E-state index in [1.807, 2.05) is 60.7 Å². The van der Waals surface area contributed by atoms with Crippen molar-refractivity contribution < 1.29 is 9.59 Å². The lowest BCUT2D eigenvalue weighted by Crippen LogP contribution is -2.50. The molecule has 1 saturated carbocycles. The largest absolute Gasteiger partial charge is 0.343 e. The second-order valence-corrected chi connectivity index (χ2v) is 7.12. The summed E-state index contributed by atoms with van der Waals surface area (Å²) in [6.07, 6.45) is 2.95. The molecule has 0 radical (unpaired) electrons. The van der Waals surface area contributed by atoms with Crippen LogP contribution in [0, 0.1) is 5.92 Å². The molecule has 27 heavy (non-hydrogen) atoms. The van der Waals surface area contributed by atoms with E-state index in [-0.39, 0.29) is 18.4 Å². The number of para-hydroxylation sites is 1. The second kappa shape index (κ2) is 9.33. The zero-order valence-corrected chi connectivity index (χ0v) is 15.7. The molecule has 0 heterocycles. The Morgan fingerprint density at radius 3 is 2.30 bits per heavy atom. The number of carbonyl (C=O) groups is 2. The lowest BCUT2D eigenvalue weighted by atomic mass is 10.0. The first-order valence-electron chi connectivity index (χ1n) is 9.50. The van der Waals surface area contributed by atoms with Gasteiger partial charge in [0, 0.05) is 19.2 Å². The van der Waals surface area contributed by atoms with Gasteiger partial charge in [-0.3, -0.25) is 9.59 Å². The molecule has 3 rings (SSSR count). The number of nitrogens with one attached hydrogen (secondary N) is 2. The van der Waals surface area contributed by atoms with E-state index >= 15 is 0 Å². The maximum Gasteiger partial charge on any atom is 0.249 e. The smallest absolute Gasteiger partial charge is 0.249 e. The van der Waals surface area contributed by atoms with Crippen molar-refractivity contribution in [2.45, 2.75) is 25.3 Å². The van der Waals surface area contributed by atoms with Crippen LogP contribution in [0.4, 0.5) is 5.69 Å². The van der Waals surface area contributed by atoms with Crippen molar-refractivity contribution in [1.82, 2.24) is 10.6 Å². The summed E-state index contributed by atoms with van der Waals surface area (Å²) in [7, 11) is 1.74. The van der Waals surface area contributed by atoms with E-state index in [2.05, 4.69) is 10.6 Å². The number of carbonyl (C=O) groups excluding carboxylic acids is 2. The minimum atomic E-state index is -0.604. The van der Waals surface area contributed by atoms with Gasteiger partial charge in [-0.05, 0) is 43.0 Å². The number of hydrogen-bond acceptors (Lipinski definition) is 3. The van der Waals surface area contributed by atoms with Crippen LogP contribution in [0.2, 0.25) is 0 Å². The van der Waals surface area contributed by atoms with Gasteiger partial charge >= 0.3 is 0 Å². The van der Waals surface area contributed by atoms with Crippen LogP contribution in [-0.2, 0) is 16.0 Å². The van der Waals surface area contributed by atoms with Gasteiger partial charge in [0.2, 0.25) is 11.8 Å². The van der Waals surface area contributed by atoms with Gasteiger partial charge in [-0.1, -0.05) is 48.5 Å². The summed E-state index contributed by atoms with van der Waals surface area (Å²) >= 11 is 0. The average Bonchev–Trinajstić information content (AvgIpc) is 3.52. The lowest BCUT2D eigenvalue weighted by Gasteiger charge is -2.25. The van der Waals surface area contributed by atoms with Crippen LogP contribution in [-0.4, -0.2) is 38.0 Å². The summed E-state index contributed by atoms with van der Waals surface area (Å²) in [5.74, 6) is 0.441. The molecule has 1 aliphatic rings. The highest BCUT2D eigenvalue weighted by Gasteiger charge is 2.26. The average molecular weight is 365 g/mol. The van der Waals surface area contributed by atoms with E-state index in [0.717, 1.165) is 17.8 Å². The Kier molecular flexibility index (Phi) is 6.60. The highest BCUT2D eigenvalue weighted by Crippen LogP contribution is 2.27. The molecule has 0 bridgehead atoms. The van der Waals surface area contributed by atoms with Gasteiger partial charge in [-0.15, -0.1) is 0 Å². The number of amides is 2. The Bertz CT molecular complexity index is 745. The van der Waals surface area contributed by atoms with E-state index in [9.17, 15) is 9.59 Å². The Hall–Kier alpha value is -2.66. The zero-order chi connectivity index (χ0) is 19.1. The molecule has 2 aromatic rings. The van der Waals surface area contributed by atoms with Crippen LogP contribution in [0.25, 0.3) is 0 Å². The minimum Gasteiger partial charge on any atom is -0.343 e. The first kappa shape index (κ1) is 19.1. The van der Waals surface area contributed by atoms with Crippen LogP contribution in [0.1, 0.15) is 18.4 Å². The molecule has 2 aromatic carbocycles. The summed E-state index contributed by atoms with van der Waals surface area (Å²) in [4.78, 5) is 27.0. The standard InChI is InChI=1S/C22H27N3O2/c1-25(19-10-6-3-7-11-19)22(27)20(14-17-8-4-2-5-9-17)24-21(26)16-23-15-18-12-13-18/h2-11,18,20,23H,12-16H2,1H3,(H,24,26)/t20-/m0/s1. The van der Waals surface area contributed by atoms with Gasteiger partial charge in [0.1, 0.15) is 6.04 Å². The fourth-order valence-electron chi connectivity index (χ4n) is 3.02. The Balaban J connectivity index is 1.66. The van der Waals surface area contributed by atoms with Crippen molar-refractivity contribution in [2.24, 2.45) is 5.92 Å². The molecule has 0 spiro atoms. The molecule has 0 saturated heterocycles. The molecule has 2 amide bonds. The highest BCUT2D eigenvalue weighted by atomic mass is 16.2. The van der Waals surface area contributed by atoms with Crippen LogP contribution >= 0.6 is 0 Å². The van der Waals surface area contributed by atoms with E-state index < -0.39 is 6.04 Å². The lowest BCUT2D eigenvalue weighted by molar-refractivity contribution is -0.127. The molecule has 5 nitrogen and oxygen atoms in total. The van der Waals surface area contributed by atoms with E-state index in [1.165, 1.54) is 12.8 Å². The highest BCUT2D eigenvalue weighted by molar-refractivity contribution is 5.99. The van der Waals surface area contributed by atoms with Gasteiger partial charge in [0.25, 0.3) is 0 Å². The van der Waals surface area contributed by atoms with Gasteiger partial charge < -0.3 is 15.5 Å². The first-order valence-corrected chi connectivity index (χ1v) is 9.50. The Morgan fingerprint density at radius 2 is 1.67 bits per heavy atom. The van der Waals surface area contributed by atoms with Crippen LogP contribution in [0.15, 0.2) is 60.7 Å². The van der Waals surface area contributed by atoms with E-state index in [4.69, 9.17) is 0 Å². The van der Waals surface area contributed by atoms with Gasteiger partial charge in [0.15, 0.2) is 0 Å². The number of anilines is 1. The van der Waals surface area contributed by atoms with Crippen molar-refractivity contribution in [3.63, 3.8) is 0 Å². The molecule has 1 fully saturated rings. The van der Waals surface area contributed by atoms with Gasteiger partial charge in [-0.2, -0.15) is 0 Å². The topological polar surface area (TPSA) is 61.4 Å². The monoisotopic (exact) mass is 365 g/mol. The Labute approximate surface area is 160 Å². The van der Waals surface area contributed by atoms with Gasteiger partial charge in [-0.25, -0.2) is 0 Å². The summed E-state index contributed by atoms with van der Waals surface area (Å²) < 4.78 is 0. The van der Waals surface area contributed by atoms with Crippen molar-refractivity contribution in [2.75, 3.05) is 25.0 Å². The fourth-order valence-corrected chi connectivity index (χ4v) is 3.02.